The summed E-state index contributed by atoms with van der Waals surface area (Å²) in [7, 11) is 0. The Morgan fingerprint density at radius 2 is 1.93 bits per heavy atom. The molecule has 28 heavy (non-hydrogen) atoms. The molecule has 0 spiro atoms. The largest absolute Gasteiger partial charge is 0.312 e. The summed E-state index contributed by atoms with van der Waals surface area (Å²) in [5, 5.41) is 1.76. The lowest BCUT2D eigenvalue weighted by Crippen LogP contribution is -2.25. The number of carbonyl (C=O) groups is 2. The van der Waals surface area contributed by atoms with Crippen molar-refractivity contribution in [1.29, 1.82) is 0 Å². The number of aromatic nitrogens is 1. The SMILES string of the molecule is CC(=O)N1CCc2cc(C(=O)C(C)Sc3cc(C)c4ccccc4n3)ccc21. The molecule has 4 nitrogen and oxygen atoms in total. The molecule has 1 atom stereocenters. The van der Waals surface area contributed by atoms with Crippen LogP contribution in [0.5, 0.6) is 0 Å². The fraction of sp³-hybridized carbons (Fsp3) is 0.261. The highest BCUT2D eigenvalue weighted by Crippen LogP contribution is 2.32. The Labute approximate surface area is 169 Å². The van der Waals surface area contributed by atoms with E-state index in [-0.39, 0.29) is 16.9 Å². The summed E-state index contributed by atoms with van der Waals surface area (Å²) in [6, 6.07) is 15.8. The topological polar surface area (TPSA) is 50.3 Å². The first-order valence-electron chi connectivity index (χ1n) is 9.42. The van der Waals surface area contributed by atoms with Gasteiger partial charge in [-0.3, -0.25) is 9.59 Å². The second kappa shape index (κ2) is 7.40. The fourth-order valence-electron chi connectivity index (χ4n) is 3.73. The van der Waals surface area contributed by atoms with E-state index in [1.165, 1.54) is 11.8 Å². The van der Waals surface area contributed by atoms with Crippen LogP contribution in [0.3, 0.4) is 0 Å². The standard InChI is InChI=1S/C23H22N2O2S/c1-14-12-22(24-20-7-5-4-6-19(14)20)28-15(2)23(27)18-8-9-21-17(13-18)10-11-25(21)16(3)26/h4-9,12-13,15H,10-11H2,1-3H3. The van der Waals surface area contributed by atoms with E-state index in [9.17, 15) is 9.59 Å². The molecular formula is C23H22N2O2S. The predicted octanol–water partition coefficient (Wildman–Crippen LogP) is 4.82. The number of aryl methyl sites for hydroxylation is 1. The molecule has 0 radical (unpaired) electrons. The Hall–Kier alpha value is -2.66. The van der Waals surface area contributed by atoms with Crippen molar-refractivity contribution in [2.75, 3.05) is 11.4 Å². The maximum Gasteiger partial charge on any atom is 0.223 e. The van der Waals surface area contributed by atoms with Gasteiger partial charge < -0.3 is 4.90 Å². The normalized spacial score (nSPS) is 14.2. The lowest BCUT2D eigenvalue weighted by Gasteiger charge is -2.15. The Morgan fingerprint density at radius 1 is 1.14 bits per heavy atom. The van der Waals surface area contributed by atoms with Crippen LogP contribution in [-0.2, 0) is 11.2 Å². The van der Waals surface area contributed by atoms with Crippen LogP contribution in [-0.4, -0.2) is 28.5 Å². The molecule has 1 aliphatic rings. The predicted molar refractivity (Wildman–Crippen MR) is 114 cm³/mol. The molecular weight excluding hydrogens is 368 g/mol. The number of rotatable bonds is 4. The molecule has 0 N–H and O–H groups in total. The molecule has 1 aliphatic heterocycles. The van der Waals surface area contributed by atoms with Gasteiger partial charge in [0.2, 0.25) is 5.91 Å². The maximum absolute atomic E-state index is 13.0. The minimum absolute atomic E-state index is 0.0412. The Bertz CT molecular complexity index is 1090. The van der Waals surface area contributed by atoms with E-state index in [4.69, 9.17) is 4.98 Å². The molecule has 1 aromatic heterocycles. The highest BCUT2D eigenvalue weighted by Gasteiger charge is 2.25. The van der Waals surface area contributed by atoms with E-state index in [2.05, 4.69) is 13.0 Å². The van der Waals surface area contributed by atoms with E-state index >= 15 is 0 Å². The van der Waals surface area contributed by atoms with E-state index in [1.54, 1.807) is 11.8 Å². The summed E-state index contributed by atoms with van der Waals surface area (Å²) in [6.45, 7) is 6.26. The molecule has 142 valence electrons. The lowest BCUT2D eigenvalue weighted by molar-refractivity contribution is -0.116. The number of amides is 1. The number of fused-ring (bicyclic) bond motifs is 2. The van der Waals surface area contributed by atoms with Crippen LogP contribution in [0, 0.1) is 6.92 Å². The van der Waals surface area contributed by atoms with Crippen molar-refractivity contribution in [1.82, 2.24) is 4.98 Å². The van der Waals surface area contributed by atoms with Gasteiger partial charge in [-0.15, -0.1) is 0 Å². The van der Waals surface area contributed by atoms with Gasteiger partial charge in [-0.25, -0.2) is 4.98 Å². The van der Waals surface area contributed by atoms with Gasteiger partial charge in [0.05, 0.1) is 15.8 Å². The Morgan fingerprint density at radius 3 is 2.71 bits per heavy atom. The summed E-state index contributed by atoms with van der Waals surface area (Å²) in [4.78, 5) is 31.2. The summed E-state index contributed by atoms with van der Waals surface area (Å²) < 4.78 is 0. The van der Waals surface area contributed by atoms with Crippen molar-refractivity contribution in [3.63, 3.8) is 0 Å². The van der Waals surface area contributed by atoms with Crippen molar-refractivity contribution in [2.45, 2.75) is 37.5 Å². The van der Waals surface area contributed by atoms with Gasteiger partial charge >= 0.3 is 0 Å². The third kappa shape index (κ3) is 3.42. The Balaban J connectivity index is 1.55. The highest BCUT2D eigenvalue weighted by atomic mass is 32.2. The maximum atomic E-state index is 13.0. The molecule has 0 bridgehead atoms. The van der Waals surface area contributed by atoms with Gasteiger partial charge in [0, 0.05) is 30.1 Å². The van der Waals surface area contributed by atoms with E-state index in [0.717, 1.165) is 39.2 Å². The third-order valence-corrected chi connectivity index (χ3v) is 6.22. The number of nitrogens with zero attached hydrogens (tertiary/aromatic N) is 2. The van der Waals surface area contributed by atoms with Crippen molar-refractivity contribution in [3.05, 3.63) is 65.2 Å². The molecule has 5 heteroatoms. The monoisotopic (exact) mass is 390 g/mol. The van der Waals surface area contributed by atoms with Gasteiger partial charge in [0.15, 0.2) is 5.78 Å². The molecule has 2 aromatic carbocycles. The molecule has 0 aliphatic carbocycles. The number of para-hydroxylation sites is 1. The minimum Gasteiger partial charge on any atom is -0.312 e. The van der Waals surface area contributed by atoms with Gasteiger partial charge in [-0.1, -0.05) is 30.0 Å². The number of anilines is 1. The first-order chi connectivity index (χ1) is 13.4. The van der Waals surface area contributed by atoms with Crippen molar-refractivity contribution in [2.24, 2.45) is 0 Å². The average Bonchev–Trinajstić information content (AvgIpc) is 3.11. The smallest absolute Gasteiger partial charge is 0.223 e. The van der Waals surface area contributed by atoms with Crippen LogP contribution in [0.2, 0.25) is 0 Å². The molecule has 1 amide bonds. The molecule has 2 heterocycles. The minimum atomic E-state index is -0.239. The van der Waals surface area contributed by atoms with Crippen LogP contribution >= 0.6 is 11.8 Å². The van der Waals surface area contributed by atoms with Gasteiger partial charge in [0.1, 0.15) is 0 Å². The van der Waals surface area contributed by atoms with Crippen LogP contribution in [0.25, 0.3) is 10.9 Å². The fourth-order valence-corrected chi connectivity index (χ4v) is 4.73. The lowest BCUT2D eigenvalue weighted by atomic mass is 10.0. The molecule has 0 fully saturated rings. The van der Waals surface area contributed by atoms with Crippen LogP contribution in [0.4, 0.5) is 5.69 Å². The first kappa shape index (κ1) is 18.7. The average molecular weight is 391 g/mol. The van der Waals surface area contributed by atoms with Crippen LogP contribution in [0.15, 0.2) is 53.6 Å². The number of hydrogen-bond donors (Lipinski definition) is 0. The van der Waals surface area contributed by atoms with E-state index < -0.39 is 0 Å². The second-order valence-electron chi connectivity index (χ2n) is 7.18. The highest BCUT2D eigenvalue weighted by molar-refractivity contribution is 8.00. The zero-order valence-electron chi connectivity index (χ0n) is 16.2. The molecule has 3 aromatic rings. The molecule has 4 rings (SSSR count). The number of pyridine rings is 1. The zero-order valence-corrected chi connectivity index (χ0v) is 17.0. The first-order valence-corrected chi connectivity index (χ1v) is 10.3. The number of hydrogen-bond acceptors (Lipinski definition) is 4. The van der Waals surface area contributed by atoms with Crippen LogP contribution in [0.1, 0.15) is 35.3 Å². The van der Waals surface area contributed by atoms with Crippen molar-refractivity contribution in [3.8, 4) is 0 Å². The number of ketones is 1. The van der Waals surface area contributed by atoms with Crippen molar-refractivity contribution < 1.29 is 9.59 Å². The van der Waals surface area contributed by atoms with Crippen LogP contribution < -0.4 is 4.90 Å². The summed E-state index contributed by atoms with van der Waals surface area (Å²) in [6.07, 6.45) is 0.795. The Kier molecular flexibility index (Phi) is 4.94. The number of Topliss-reactive ketones (excluding diaryl/α,β-unsaturated/α-hetero) is 1. The molecule has 0 saturated carbocycles. The number of benzene rings is 2. The van der Waals surface area contributed by atoms with Crippen molar-refractivity contribution >= 4 is 40.0 Å². The van der Waals surface area contributed by atoms with Gasteiger partial charge in [0.25, 0.3) is 0 Å². The summed E-state index contributed by atoms with van der Waals surface area (Å²) >= 11 is 1.49. The quantitative estimate of drug-likeness (QED) is 0.474. The van der Waals surface area contributed by atoms with E-state index in [0.29, 0.717) is 12.1 Å². The molecule has 1 unspecified atom stereocenters. The third-order valence-electron chi connectivity index (χ3n) is 5.21. The number of thioether (sulfide) groups is 1. The van der Waals surface area contributed by atoms with Gasteiger partial charge in [-0.05, 0) is 61.7 Å². The van der Waals surface area contributed by atoms with Gasteiger partial charge in [-0.2, -0.15) is 0 Å². The molecule has 0 saturated heterocycles. The number of carbonyl (C=O) groups excluding carboxylic acids is 2. The summed E-state index contributed by atoms with van der Waals surface area (Å²) in [5.74, 6) is 0.126. The summed E-state index contributed by atoms with van der Waals surface area (Å²) in [5.41, 5.74) is 4.80. The second-order valence-corrected chi connectivity index (χ2v) is 8.54. The zero-order chi connectivity index (χ0) is 19.8. The van der Waals surface area contributed by atoms with E-state index in [1.807, 2.05) is 49.4 Å².